The van der Waals surface area contributed by atoms with Gasteiger partial charge in [0.2, 0.25) is 0 Å². The SMILES string of the molecule is CO[C@@H]1C[C@H](O[C@H]2CC[C@@]3(C)C(=CC[C@H]4[C@@H]3[C@H](OC(C)=O)[C@@H](OC(=O)CC(C)C)[C@]3(C)[C@H](C(C)=O)CC[C@]43O)C2)O[C@@H](C)[C@@H]1O. The molecule has 2 N–H and O–H groups in total. The Labute approximate surface area is 267 Å². The van der Waals surface area contributed by atoms with Gasteiger partial charge in [0.25, 0.3) is 0 Å². The molecule has 0 unspecified atom stereocenters. The van der Waals surface area contributed by atoms with Gasteiger partial charge in [-0.15, -0.1) is 0 Å². The Kier molecular flexibility index (Phi) is 9.68. The number of esters is 2. The van der Waals surface area contributed by atoms with E-state index in [0.717, 1.165) is 0 Å². The number of allylic oxidation sites excluding steroid dienone is 1. The summed E-state index contributed by atoms with van der Waals surface area (Å²) < 4.78 is 30.4. The lowest BCUT2D eigenvalue weighted by Crippen LogP contribution is -2.72. The van der Waals surface area contributed by atoms with E-state index >= 15 is 0 Å². The number of Topliss-reactive ketones (excluding diaryl/α,β-unsaturated/α-hetero) is 1. The van der Waals surface area contributed by atoms with E-state index in [9.17, 15) is 24.6 Å². The molecule has 0 aromatic carbocycles. The average molecular weight is 635 g/mol. The van der Waals surface area contributed by atoms with Crippen molar-refractivity contribution in [3.8, 4) is 0 Å². The number of hydrogen-bond acceptors (Lipinski definition) is 10. The van der Waals surface area contributed by atoms with E-state index in [-0.39, 0.29) is 42.2 Å². The number of fused-ring (bicyclic) bond motifs is 5. The van der Waals surface area contributed by atoms with Crippen LogP contribution >= 0.6 is 0 Å². The smallest absolute Gasteiger partial charge is 0.306 e. The zero-order valence-corrected chi connectivity index (χ0v) is 28.2. The van der Waals surface area contributed by atoms with Crippen LogP contribution in [-0.4, -0.2) is 83.6 Å². The molecule has 0 aromatic heterocycles. The van der Waals surface area contributed by atoms with Crippen molar-refractivity contribution in [2.75, 3.05) is 7.11 Å². The molecule has 4 fully saturated rings. The molecule has 1 heterocycles. The third kappa shape index (κ3) is 5.81. The second-order valence-electron chi connectivity index (χ2n) is 15.3. The van der Waals surface area contributed by atoms with Gasteiger partial charge in [-0.05, 0) is 69.6 Å². The van der Waals surface area contributed by atoms with E-state index in [4.69, 9.17) is 23.7 Å². The largest absolute Gasteiger partial charge is 0.458 e. The summed E-state index contributed by atoms with van der Waals surface area (Å²) in [4.78, 5) is 39.2. The molecule has 0 spiro atoms. The summed E-state index contributed by atoms with van der Waals surface area (Å²) in [6.07, 6.45) is 2.40. The summed E-state index contributed by atoms with van der Waals surface area (Å²) in [5.41, 5.74) is -1.71. The number of rotatable bonds is 8. The molecule has 0 aromatic rings. The Morgan fingerprint density at radius 2 is 1.82 bits per heavy atom. The number of ketones is 1. The maximum Gasteiger partial charge on any atom is 0.306 e. The Hall–Kier alpha value is -1.85. The van der Waals surface area contributed by atoms with Crippen LogP contribution in [0.15, 0.2) is 11.6 Å². The molecule has 3 saturated carbocycles. The Morgan fingerprint density at radius 3 is 2.44 bits per heavy atom. The van der Waals surface area contributed by atoms with Gasteiger partial charge in [-0.25, -0.2) is 0 Å². The third-order valence-corrected chi connectivity index (χ3v) is 12.2. The van der Waals surface area contributed by atoms with Crippen LogP contribution in [0.2, 0.25) is 0 Å². The van der Waals surface area contributed by atoms with Crippen LogP contribution in [0.5, 0.6) is 0 Å². The maximum absolute atomic E-state index is 13.3. The molecule has 10 heteroatoms. The minimum Gasteiger partial charge on any atom is -0.458 e. The molecule has 13 atom stereocenters. The van der Waals surface area contributed by atoms with Gasteiger partial charge in [-0.3, -0.25) is 14.4 Å². The molecule has 5 rings (SSSR count). The number of ether oxygens (including phenoxy) is 5. The second kappa shape index (κ2) is 12.6. The Morgan fingerprint density at radius 1 is 1.11 bits per heavy atom. The fraction of sp³-hybridized carbons (Fsp3) is 0.857. The molecule has 254 valence electrons. The maximum atomic E-state index is 13.3. The van der Waals surface area contributed by atoms with Crippen molar-refractivity contribution in [1.82, 2.24) is 0 Å². The van der Waals surface area contributed by atoms with Crippen LogP contribution in [0.25, 0.3) is 0 Å². The van der Waals surface area contributed by atoms with Crippen molar-refractivity contribution in [1.29, 1.82) is 0 Å². The lowest BCUT2D eigenvalue weighted by molar-refractivity contribution is -0.279. The van der Waals surface area contributed by atoms with Crippen LogP contribution in [0.3, 0.4) is 0 Å². The van der Waals surface area contributed by atoms with Crippen molar-refractivity contribution in [2.24, 2.45) is 34.5 Å². The molecular formula is C35H54O10. The van der Waals surface area contributed by atoms with Crippen molar-refractivity contribution < 1.29 is 48.3 Å². The summed E-state index contributed by atoms with van der Waals surface area (Å²) in [6.45, 7) is 12.6. The van der Waals surface area contributed by atoms with Crippen molar-refractivity contribution in [3.63, 3.8) is 0 Å². The first-order valence-electron chi connectivity index (χ1n) is 16.9. The summed E-state index contributed by atoms with van der Waals surface area (Å²) in [5, 5.41) is 23.2. The molecular weight excluding hydrogens is 580 g/mol. The van der Waals surface area contributed by atoms with Gasteiger partial charge in [-0.1, -0.05) is 39.3 Å². The Bertz CT molecular complexity index is 1180. The molecule has 1 aliphatic heterocycles. The van der Waals surface area contributed by atoms with Crippen LogP contribution in [0, 0.1) is 34.5 Å². The first-order chi connectivity index (χ1) is 21.1. The first-order valence-corrected chi connectivity index (χ1v) is 16.9. The second-order valence-corrected chi connectivity index (χ2v) is 15.3. The number of hydrogen-bond donors (Lipinski definition) is 2. The van der Waals surface area contributed by atoms with E-state index in [1.165, 1.54) is 19.4 Å². The molecule has 0 amide bonds. The summed E-state index contributed by atoms with van der Waals surface area (Å²) in [5.74, 6) is -2.07. The van der Waals surface area contributed by atoms with Crippen LogP contribution < -0.4 is 0 Å². The van der Waals surface area contributed by atoms with E-state index in [2.05, 4.69) is 13.0 Å². The number of carbonyl (C=O) groups excluding carboxylic acids is 3. The van der Waals surface area contributed by atoms with Gasteiger partial charge in [0.15, 0.2) is 6.29 Å². The van der Waals surface area contributed by atoms with Crippen molar-refractivity contribution in [3.05, 3.63) is 11.6 Å². The predicted molar refractivity (Wildman–Crippen MR) is 164 cm³/mol. The number of carbonyl (C=O) groups is 3. The molecule has 5 aliphatic rings. The molecule has 0 bridgehead atoms. The lowest BCUT2D eigenvalue weighted by Gasteiger charge is -2.64. The highest BCUT2D eigenvalue weighted by molar-refractivity contribution is 5.80. The van der Waals surface area contributed by atoms with Crippen LogP contribution in [0.1, 0.15) is 99.8 Å². The van der Waals surface area contributed by atoms with Gasteiger partial charge >= 0.3 is 11.9 Å². The molecule has 4 aliphatic carbocycles. The average Bonchev–Trinajstić information content (AvgIpc) is 3.23. The van der Waals surface area contributed by atoms with Gasteiger partial charge in [-0.2, -0.15) is 0 Å². The van der Waals surface area contributed by atoms with Crippen LogP contribution in [0.4, 0.5) is 0 Å². The zero-order chi connectivity index (χ0) is 33.1. The van der Waals surface area contributed by atoms with Crippen LogP contribution in [-0.2, 0) is 38.1 Å². The topological polar surface area (TPSA) is 138 Å². The normalized spacial score (nSPS) is 46.0. The third-order valence-electron chi connectivity index (χ3n) is 12.2. The highest BCUT2D eigenvalue weighted by Crippen LogP contribution is 2.69. The first kappa shape index (κ1) is 34.5. The van der Waals surface area contributed by atoms with Crippen molar-refractivity contribution >= 4 is 17.7 Å². The highest BCUT2D eigenvalue weighted by atomic mass is 16.7. The minimum atomic E-state index is -1.30. The standard InChI is InChI=1S/C35H54O10/c1-18(2)15-27(38)45-32-31(43-21(5)37)29-25(35(40)14-12-24(19(3)36)34(32,35)7)10-9-22-16-23(11-13-33(22,29)6)44-28-17-26(41-8)30(39)20(4)42-28/h9,18,20,23-26,28-32,39-40H,10-17H2,1-8H3/t20-,23-,24-,25-,26+,28-,29+,30-,31-,32+,33-,34-,35-/m0/s1. The molecule has 45 heavy (non-hydrogen) atoms. The lowest BCUT2D eigenvalue weighted by atomic mass is 9.44. The van der Waals surface area contributed by atoms with Gasteiger partial charge in [0.1, 0.15) is 24.1 Å². The van der Waals surface area contributed by atoms with Gasteiger partial charge < -0.3 is 33.9 Å². The van der Waals surface area contributed by atoms with E-state index in [1.807, 2.05) is 27.7 Å². The van der Waals surface area contributed by atoms with Gasteiger partial charge in [0, 0.05) is 44.1 Å². The monoisotopic (exact) mass is 634 g/mol. The molecule has 10 nitrogen and oxygen atoms in total. The van der Waals surface area contributed by atoms with E-state index < -0.39 is 65.0 Å². The fourth-order valence-electron chi connectivity index (χ4n) is 9.96. The molecule has 0 radical (unpaired) electrons. The highest BCUT2D eigenvalue weighted by Gasteiger charge is 2.75. The van der Waals surface area contributed by atoms with Crippen molar-refractivity contribution in [2.45, 2.75) is 148 Å². The summed E-state index contributed by atoms with van der Waals surface area (Å²) in [6, 6.07) is 0. The number of aliphatic hydroxyl groups excluding tert-OH is 1. The zero-order valence-electron chi connectivity index (χ0n) is 28.2. The van der Waals surface area contributed by atoms with E-state index in [0.29, 0.717) is 44.9 Å². The molecule has 1 saturated heterocycles. The van der Waals surface area contributed by atoms with E-state index in [1.54, 1.807) is 7.11 Å². The summed E-state index contributed by atoms with van der Waals surface area (Å²) in [7, 11) is 1.58. The minimum absolute atomic E-state index is 0.0514. The predicted octanol–water partition coefficient (Wildman–Crippen LogP) is 4.27. The fourth-order valence-corrected chi connectivity index (χ4v) is 9.96. The van der Waals surface area contributed by atoms with Gasteiger partial charge in [0.05, 0.1) is 23.9 Å². The summed E-state index contributed by atoms with van der Waals surface area (Å²) >= 11 is 0. The quantitative estimate of drug-likeness (QED) is 0.294. The number of aliphatic hydroxyl groups is 2. The Balaban J connectivity index is 1.50. The number of methoxy groups -OCH3 is 1.